The zero-order valence-corrected chi connectivity index (χ0v) is 9.02. The summed E-state index contributed by atoms with van der Waals surface area (Å²) in [7, 11) is 0. The molecule has 1 unspecified atom stereocenters. The van der Waals surface area contributed by atoms with Crippen LogP contribution in [0.3, 0.4) is 0 Å². The lowest BCUT2D eigenvalue weighted by atomic mass is 9.93. The minimum Gasteiger partial charge on any atom is -0.393 e. The third kappa shape index (κ3) is 2.32. The molecule has 1 N–H and O–H groups in total. The van der Waals surface area contributed by atoms with E-state index in [1.54, 1.807) is 0 Å². The summed E-state index contributed by atoms with van der Waals surface area (Å²) in [6.07, 6.45) is 5.35. The predicted octanol–water partition coefficient (Wildman–Crippen LogP) is 0.539. The highest BCUT2D eigenvalue weighted by Gasteiger charge is 2.33. The Labute approximate surface area is 90.2 Å². The first-order chi connectivity index (χ1) is 7.33. The highest BCUT2D eigenvalue weighted by molar-refractivity contribution is 5.82. The van der Waals surface area contributed by atoms with Crippen LogP contribution in [0.1, 0.15) is 32.1 Å². The van der Waals surface area contributed by atoms with Crippen molar-refractivity contribution in [3.63, 3.8) is 0 Å². The van der Waals surface area contributed by atoms with Crippen molar-refractivity contribution in [2.24, 2.45) is 0 Å². The molecule has 1 saturated carbocycles. The average molecular weight is 213 g/mol. The molecule has 4 nitrogen and oxygen atoms in total. The van der Waals surface area contributed by atoms with Gasteiger partial charge < -0.3 is 14.7 Å². The van der Waals surface area contributed by atoms with Crippen LogP contribution in [0.4, 0.5) is 0 Å². The summed E-state index contributed by atoms with van der Waals surface area (Å²) in [5.74, 6) is -0.0179. The van der Waals surface area contributed by atoms with Crippen molar-refractivity contribution in [1.82, 2.24) is 4.90 Å². The molecule has 1 heterocycles. The van der Waals surface area contributed by atoms with Crippen LogP contribution in [0.15, 0.2) is 0 Å². The SMILES string of the molecule is O=C1C(CO)OCCN1C1CCCCC1. The van der Waals surface area contributed by atoms with E-state index in [-0.39, 0.29) is 12.5 Å². The number of amides is 1. The molecule has 86 valence electrons. The van der Waals surface area contributed by atoms with E-state index < -0.39 is 6.10 Å². The van der Waals surface area contributed by atoms with E-state index in [0.29, 0.717) is 19.2 Å². The normalized spacial score (nSPS) is 29.5. The first-order valence-corrected chi connectivity index (χ1v) is 5.86. The molecule has 2 rings (SSSR count). The topological polar surface area (TPSA) is 49.8 Å². The zero-order chi connectivity index (χ0) is 10.7. The molecule has 0 aromatic carbocycles. The fraction of sp³-hybridized carbons (Fsp3) is 0.909. The molecule has 1 amide bonds. The summed E-state index contributed by atoms with van der Waals surface area (Å²) in [5, 5.41) is 9.01. The van der Waals surface area contributed by atoms with E-state index >= 15 is 0 Å². The van der Waals surface area contributed by atoms with Crippen LogP contribution in [0, 0.1) is 0 Å². The molecule has 2 fully saturated rings. The second-order valence-electron chi connectivity index (χ2n) is 4.37. The number of ether oxygens (including phenoxy) is 1. The summed E-state index contributed by atoms with van der Waals surface area (Å²) in [6, 6.07) is 0.393. The summed E-state index contributed by atoms with van der Waals surface area (Å²) < 4.78 is 5.22. The number of rotatable bonds is 2. The Hall–Kier alpha value is -0.610. The number of carbonyl (C=O) groups is 1. The van der Waals surface area contributed by atoms with Crippen LogP contribution in [0.5, 0.6) is 0 Å². The van der Waals surface area contributed by atoms with E-state index in [1.165, 1.54) is 19.3 Å². The number of morpholine rings is 1. The Bertz CT molecular complexity index is 226. The van der Waals surface area contributed by atoms with Crippen LogP contribution in [-0.2, 0) is 9.53 Å². The lowest BCUT2D eigenvalue weighted by molar-refractivity contribution is -0.160. The van der Waals surface area contributed by atoms with Crippen LogP contribution >= 0.6 is 0 Å². The van der Waals surface area contributed by atoms with Gasteiger partial charge in [0, 0.05) is 12.6 Å². The molecule has 1 saturated heterocycles. The second kappa shape index (κ2) is 4.94. The summed E-state index contributed by atoms with van der Waals surface area (Å²) >= 11 is 0. The van der Waals surface area contributed by atoms with Gasteiger partial charge in [0.2, 0.25) is 0 Å². The van der Waals surface area contributed by atoms with Gasteiger partial charge in [-0.2, -0.15) is 0 Å². The molecule has 1 aliphatic carbocycles. The molecular formula is C11H19NO3. The third-order valence-corrected chi connectivity index (χ3v) is 3.39. The summed E-state index contributed by atoms with van der Waals surface area (Å²) in [4.78, 5) is 13.8. The molecule has 0 aromatic rings. The minimum atomic E-state index is -0.610. The first kappa shape index (κ1) is 10.9. The highest BCUT2D eigenvalue weighted by Crippen LogP contribution is 2.24. The van der Waals surface area contributed by atoms with Crippen LogP contribution in [0.2, 0.25) is 0 Å². The van der Waals surface area contributed by atoms with E-state index in [0.717, 1.165) is 12.8 Å². The standard InChI is InChI=1S/C11H19NO3/c13-8-10-11(14)12(6-7-15-10)9-4-2-1-3-5-9/h9-10,13H,1-8H2. The molecular weight excluding hydrogens is 194 g/mol. The van der Waals surface area contributed by atoms with E-state index in [2.05, 4.69) is 0 Å². The van der Waals surface area contributed by atoms with Gasteiger partial charge in [-0.25, -0.2) is 0 Å². The van der Waals surface area contributed by atoms with Crippen molar-refractivity contribution in [3.8, 4) is 0 Å². The van der Waals surface area contributed by atoms with Crippen molar-refractivity contribution in [1.29, 1.82) is 0 Å². The molecule has 15 heavy (non-hydrogen) atoms. The number of nitrogens with zero attached hydrogens (tertiary/aromatic N) is 1. The summed E-state index contributed by atoms with van der Waals surface area (Å²) in [5.41, 5.74) is 0. The van der Waals surface area contributed by atoms with E-state index in [1.807, 2.05) is 4.90 Å². The molecule has 4 heteroatoms. The Balaban J connectivity index is 1.97. The number of aliphatic hydroxyl groups is 1. The molecule has 0 spiro atoms. The maximum Gasteiger partial charge on any atom is 0.254 e. The smallest absolute Gasteiger partial charge is 0.254 e. The van der Waals surface area contributed by atoms with Crippen LogP contribution < -0.4 is 0 Å². The van der Waals surface area contributed by atoms with Gasteiger partial charge in [0.05, 0.1) is 13.2 Å². The Morgan fingerprint density at radius 3 is 2.73 bits per heavy atom. The van der Waals surface area contributed by atoms with Crippen molar-refractivity contribution in [3.05, 3.63) is 0 Å². The largest absolute Gasteiger partial charge is 0.393 e. The predicted molar refractivity (Wildman–Crippen MR) is 55.4 cm³/mol. The monoisotopic (exact) mass is 213 g/mol. The van der Waals surface area contributed by atoms with Gasteiger partial charge in [-0.05, 0) is 12.8 Å². The Morgan fingerprint density at radius 1 is 1.33 bits per heavy atom. The molecule has 0 bridgehead atoms. The fourth-order valence-corrected chi connectivity index (χ4v) is 2.55. The van der Waals surface area contributed by atoms with Gasteiger partial charge in [0.25, 0.3) is 5.91 Å². The average Bonchev–Trinajstić information content (AvgIpc) is 2.30. The van der Waals surface area contributed by atoms with Crippen molar-refractivity contribution in [2.75, 3.05) is 19.8 Å². The molecule has 1 aliphatic heterocycles. The lowest BCUT2D eigenvalue weighted by Crippen LogP contribution is -2.53. The molecule has 0 aromatic heterocycles. The lowest BCUT2D eigenvalue weighted by Gasteiger charge is -2.39. The van der Waals surface area contributed by atoms with Gasteiger partial charge in [0.1, 0.15) is 0 Å². The van der Waals surface area contributed by atoms with Crippen molar-refractivity contribution in [2.45, 2.75) is 44.2 Å². The molecule has 0 radical (unpaired) electrons. The van der Waals surface area contributed by atoms with Gasteiger partial charge in [-0.3, -0.25) is 4.79 Å². The Morgan fingerprint density at radius 2 is 2.07 bits per heavy atom. The van der Waals surface area contributed by atoms with Gasteiger partial charge in [-0.1, -0.05) is 19.3 Å². The quantitative estimate of drug-likeness (QED) is 0.728. The maximum absolute atomic E-state index is 11.9. The third-order valence-electron chi connectivity index (χ3n) is 3.39. The van der Waals surface area contributed by atoms with Gasteiger partial charge in [0.15, 0.2) is 6.10 Å². The Kier molecular flexibility index (Phi) is 3.59. The number of carbonyl (C=O) groups excluding carboxylic acids is 1. The minimum absolute atomic E-state index is 0.0179. The maximum atomic E-state index is 11.9. The number of aliphatic hydroxyl groups excluding tert-OH is 1. The van der Waals surface area contributed by atoms with E-state index in [9.17, 15) is 4.79 Å². The first-order valence-electron chi connectivity index (χ1n) is 5.86. The van der Waals surface area contributed by atoms with Crippen LogP contribution in [-0.4, -0.2) is 47.8 Å². The zero-order valence-electron chi connectivity index (χ0n) is 9.02. The van der Waals surface area contributed by atoms with Crippen molar-refractivity contribution >= 4 is 5.91 Å². The molecule has 2 aliphatic rings. The van der Waals surface area contributed by atoms with Crippen LogP contribution in [0.25, 0.3) is 0 Å². The fourth-order valence-electron chi connectivity index (χ4n) is 2.55. The van der Waals surface area contributed by atoms with Gasteiger partial charge >= 0.3 is 0 Å². The number of hydrogen-bond acceptors (Lipinski definition) is 3. The highest BCUT2D eigenvalue weighted by atomic mass is 16.5. The van der Waals surface area contributed by atoms with Gasteiger partial charge in [-0.15, -0.1) is 0 Å². The number of hydrogen-bond donors (Lipinski definition) is 1. The van der Waals surface area contributed by atoms with E-state index in [4.69, 9.17) is 9.84 Å². The van der Waals surface area contributed by atoms with Crippen molar-refractivity contribution < 1.29 is 14.6 Å². The molecule has 1 atom stereocenters. The summed E-state index contributed by atoms with van der Waals surface area (Å²) in [6.45, 7) is 1.06. The second-order valence-corrected chi connectivity index (χ2v) is 4.37.